The van der Waals surface area contributed by atoms with E-state index in [1.54, 1.807) is 24.3 Å². The first kappa shape index (κ1) is 12.7. The van der Waals surface area contributed by atoms with E-state index in [1.807, 2.05) is 0 Å². The Balaban J connectivity index is 2.51. The van der Waals surface area contributed by atoms with Crippen molar-refractivity contribution in [1.29, 1.82) is 0 Å². The summed E-state index contributed by atoms with van der Waals surface area (Å²) in [5.74, 6) is -1.04. The van der Waals surface area contributed by atoms with Crippen LogP contribution in [0.2, 0.25) is 5.02 Å². The molecule has 0 fully saturated rings. The van der Waals surface area contributed by atoms with Crippen molar-refractivity contribution < 1.29 is 9.50 Å². The Labute approximate surface area is 118 Å². The summed E-state index contributed by atoms with van der Waals surface area (Å²) >= 11 is 5.94. The maximum Gasteiger partial charge on any atom is 0.291 e. The lowest BCUT2D eigenvalue weighted by Crippen LogP contribution is -2.07. The van der Waals surface area contributed by atoms with Crippen molar-refractivity contribution in [2.45, 2.75) is 0 Å². The van der Waals surface area contributed by atoms with Gasteiger partial charge in [-0.3, -0.25) is 4.79 Å². The van der Waals surface area contributed by atoms with Gasteiger partial charge >= 0.3 is 0 Å². The highest BCUT2D eigenvalue weighted by Gasteiger charge is 2.16. The van der Waals surface area contributed by atoms with Gasteiger partial charge in [0.05, 0.1) is 0 Å². The van der Waals surface area contributed by atoms with E-state index in [2.05, 4.69) is 4.98 Å². The third-order valence-electron chi connectivity index (χ3n) is 3.09. The second kappa shape index (κ2) is 4.65. The van der Waals surface area contributed by atoms with Gasteiger partial charge < -0.3 is 10.1 Å². The van der Waals surface area contributed by atoms with Gasteiger partial charge in [0, 0.05) is 27.1 Å². The lowest BCUT2D eigenvalue weighted by atomic mass is 10.00. The number of fused-ring (bicyclic) bond motifs is 1. The second-order valence-corrected chi connectivity index (χ2v) is 4.78. The van der Waals surface area contributed by atoms with E-state index in [-0.39, 0.29) is 11.1 Å². The van der Waals surface area contributed by atoms with Gasteiger partial charge in [-0.25, -0.2) is 4.39 Å². The summed E-state index contributed by atoms with van der Waals surface area (Å²) in [6.45, 7) is 0. The quantitative estimate of drug-likeness (QED) is 0.718. The topological polar surface area (TPSA) is 53.1 Å². The van der Waals surface area contributed by atoms with Gasteiger partial charge in [0.25, 0.3) is 5.56 Å². The minimum atomic E-state index is -0.668. The number of nitrogens with one attached hydrogen (secondary N) is 1. The predicted octanol–water partition coefficient (Wildman–Crippen LogP) is 3.69. The van der Waals surface area contributed by atoms with Crippen LogP contribution in [0.5, 0.6) is 5.75 Å². The van der Waals surface area contributed by atoms with Crippen molar-refractivity contribution in [3.8, 4) is 16.9 Å². The molecule has 0 aliphatic heterocycles. The molecule has 0 atom stereocenters. The first-order valence-corrected chi connectivity index (χ1v) is 6.25. The SMILES string of the molecule is O=c1[nH]c2ccc(Cl)cc2c(-c2ccccc2F)c1O. The van der Waals surface area contributed by atoms with Crippen LogP contribution in [-0.4, -0.2) is 10.1 Å². The molecular weight excluding hydrogens is 281 g/mol. The summed E-state index contributed by atoms with van der Waals surface area (Å²) < 4.78 is 14.0. The molecule has 5 heteroatoms. The van der Waals surface area contributed by atoms with Gasteiger partial charge in [-0.05, 0) is 24.3 Å². The van der Waals surface area contributed by atoms with Crippen LogP contribution in [-0.2, 0) is 0 Å². The molecular formula is C15H9ClFNO2. The summed E-state index contributed by atoms with van der Waals surface area (Å²) in [7, 11) is 0. The van der Waals surface area contributed by atoms with Crippen LogP contribution >= 0.6 is 11.6 Å². The Bertz CT molecular complexity index is 873. The molecule has 0 spiro atoms. The van der Waals surface area contributed by atoms with Gasteiger partial charge in [-0.2, -0.15) is 0 Å². The van der Waals surface area contributed by atoms with Gasteiger partial charge in [0.15, 0.2) is 5.75 Å². The van der Waals surface area contributed by atoms with Gasteiger partial charge in [0.2, 0.25) is 0 Å². The molecule has 0 bridgehead atoms. The van der Waals surface area contributed by atoms with E-state index in [4.69, 9.17) is 11.6 Å². The molecule has 20 heavy (non-hydrogen) atoms. The summed E-state index contributed by atoms with van der Waals surface area (Å²) in [5, 5.41) is 10.9. The number of hydrogen-bond donors (Lipinski definition) is 2. The highest BCUT2D eigenvalue weighted by Crippen LogP contribution is 2.35. The highest BCUT2D eigenvalue weighted by atomic mass is 35.5. The minimum absolute atomic E-state index is 0.143. The third kappa shape index (κ3) is 1.94. The molecule has 0 radical (unpaired) electrons. The lowest BCUT2D eigenvalue weighted by Gasteiger charge is -2.10. The van der Waals surface area contributed by atoms with E-state index in [0.29, 0.717) is 15.9 Å². The van der Waals surface area contributed by atoms with E-state index in [9.17, 15) is 14.3 Å². The monoisotopic (exact) mass is 289 g/mol. The summed E-state index contributed by atoms with van der Waals surface area (Å²) in [5.41, 5.74) is 0.112. The second-order valence-electron chi connectivity index (χ2n) is 4.35. The third-order valence-corrected chi connectivity index (χ3v) is 3.33. The predicted molar refractivity (Wildman–Crippen MR) is 76.6 cm³/mol. The maximum atomic E-state index is 14.0. The number of halogens is 2. The van der Waals surface area contributed by atoms with Crippen LogP contribution in [0.1, 0.15) is 0 Å². The normalized spacial score (nSPS) is 10.9. The first-order valence-electron chi connectivity index (χ1n) is 5.87. The lowest BCUT2D eigenvalue weighted by molar-refractivity contribution is 0.469. The van der Waals surface area contributed by atoms with Gasteiger partial charge in [0.1, 0.15) is 5.82 Å². The van der Waals surface area contributed by atoms with Crippen LogP contribution in [0, 0.1) is 5.82 Å². The number of aromatic amines is 1. The van der Waals surface area contributed by atoms with Crippen LogP contribution < -0.4 is 5.56 Å². The fourth-order valence-corrected chi connectivity index (χ4v) is 2.36. The first-order chi connectivity index (χ1) is 9.58. The van der Waals surface area contributed by atoms with Crippen LogP contribution in [0.3, 0.4) is 0 Å². The number of aromatic hydroxyl groups is 1. The number of H-pyrrole nitrogens is 1. The molecule has 1 heterocycles. The zero-order valence-corrected chi connectivity index (χ0v) is 10.9. The number of benzene rings is 2. The van der Waals surface area contributed by atoms with Crippen molar-refractivity contribution >= 4 is 22.5 Å². The van der Waals surface area contributed by atoms with Crippen molar-refractivity contribution in [3.05, 3.63) is 63.7 Å². The van der Waals surface area contributed by atoms with E-state index < -0.39 is 17.1 Å². The molecule has 0 saturated carbocycles. The maximum absolute atomic E-state index is 14.0. The number of aromatic nitrogens is 1. The molecule has 3 aromatic rings. The van der Waals surface area contributed by atoms with E-state index in [1.165, 1.54) is 18.2 Å². The van der Waals surface area contributed by atoms with E-state index >= 15 is 0 Å². The minimum Gasteiger partial charge on any atom is -0.503 e. The molecule has 0 saturated heterocycles. The molecule has 3 nitrogen and oxygen atoms in total. The molecule has 1 aromatic heterocycles. The Hall–Kier alpha value is -2.33. The number of hydrogen-bond acceptors (Lipinski definition) is 2. The van der Waals surface area contributed by atoms with Gasteiger partial charge in [-0.1, -0.05) is 29.8 Å². The fourth-order valence-electron chi connectivity index (χ4n) is 2.19. The molecule has 3 rings (SSSR count). The molecule has 0 aliphatic rings. The van der Waals surface area contributed by atoms with Crippen LogP contribution in [0.25, 0.3) is 22.0 Å². The Kier molecular flexibility index (Phi) is 2.95. The zero-order chi connectivity index (χ0) is 14.3. The Morgan fingerprint density at radius 2 is 1.90 bits per heavy atom. The summed E-state index contributed by atoms with van der Waals surface area (Å²) in [6, 6.07) is 10.8. The molecule has 100 valence electrons. The standard InChI is InChI=1S/C15H9ClFNO2/c16-8-5-6-12-10(7-8)13(14(19)15(20)18-12)9-3-1-2-4-11(9)17/h1-7,19H,(H,18,20). The molecule has 0 unspecified atom stereocenters. The highest BCUT2D eigenvalue weighted by molar-refractivity contribution is 6.31. The summed E-state index contributed by atoms with van der Waals surface area (Å²) in [6.07, 6.45) is 0. The van der Waals surface area contributed by atoms with Crippen molar-refractivity contribution in [2.75, 3.05) is 0 Å². The smallest absolute Gasteiger partial charge is 0.291 e. The molecule has 2 N–H and O–H groups in total. The van der Waals surface area contributed by atoms with Crippen molar-refractivity contribution in [2.24, 2.45) is 0 Å². The summed E-state index contributed by atoms with van der Waals surface area (Å²) in [4.78, 5) is 14.3. The van der Waals surface area contributed by atoms with Gasteiger partial charge in [-0.15, -0.1) is 0 Å². The molecule has 2 aromatic carbocycles. The largest absolute Gasteiger partial charge is 0.503 e. The van der Waals surface area contributed by atoms with Crippen molar-refractivity contribution in [3.63, 3.8) is 0 Å². The average Bonchev–Trinajstić information content (AvgIpc) is 2.42. The Morgan fingerprint density at radius 3 is 2.65 bits per heavy atom. The van der Waals surface area contributed by atoms with Crippen LogP contribution in [0.15, 0.2) is 47.3 Å². The Morgan fingerprint density at radius 1 is 1.15 bits per heavy atom. The molecule has 0 amide bonds. The van der Waals surface area contributed by atoms with Crippen molar-refractivity contribution in [1.82, 2.24) is 4.98 Å². The van der Waals surface area contributed by atoms with Crippen LogP contribution in [0.4, 0.5) is 4.39 Å². The average molecular weight is 290 g/mol. The molecule has 0 aliphatic carbocycles. The van der Waals surface area contributed by atoms with E-state index in [0.717, 1.165) is 0 Å². The number of rotatable bonds is 1. The zero-order valence-electron chi connectivity index (χ0n) is 10.2. The number of pyridine rings is 1. The fraction of sp³-hybridized carbons (Fsp3) is 0.